The van der Waals surface area contributed by atoms with Crippen LogP contribution in [-0.4, -0.2) is 38.3 Å². The zero-order chi connectivity index (χ0) is 20.7. The van der Waals surface area contributed by atoms with Crippen molar-refractivity contribution in [1.29, 1.82) is 0 Å². The minimum Gasteiger partial charge on any atom is -0.352 e. The Morgan fingerprint density at radius 3 is 2.43 bits per heavy atom. The van der Waals surface area contributed by atoms with Crippen LogP contribution in [0.3, 0.4) is 0 Å². The quantitative estimate of drug-likeness (QED) is 0.619. The van der Waals surface area contributed by atoms with E-state index in [-0.39, 0.29) is 22.3 Å². The molecule has 1 aliphatic rings. The van der Waals surface area contributed by atoms with Crippen molar-refractivity contribution < 1.29 is 17.6 Å². The first-order valence-electron chi connectivity index (χ1n) is 10.3. The summed E-state index contributed by atoms with van der Waals surface area (Å²) in [5.41, 5.74) is -0.215. The molecule has 1 saturated heterocycles. The van der Waals surface area contributed by atoms with E-state index < -0.39 is 21.7 Å². The van der Waals surface area contributed by atoms with Gasteiger partial charge >= 0.3 is 0 Å². The number of benzene rings is 1. The molecule has 1 aromatic rings. The fourth-order valence-electron chi connectivity index (χ4n) is 3.82. The van der Waals surface area contributed by atoms with Gasteiger partial charge in [0.25, 0.3) is 5.91 Å². The fourth-order valence-corrected chi connectivity index (χ4v) is 5.52. The number of rotatable bonds is 9. The van der Waals surface area contributed by atoms with Crippen molar-refractivity contribution in [2.45, 2.75) is 64.2 Å². The minimum atomic E-state index is -3.75. The van der Waals surface area contributed by atoms with Gasteiger partial charge in [-0.2, -0.15) is 4.31 Å². The summed E-state index contributed by atoms with van der Waals surface area (Å²) in [6, 6.07) is 3.48. The van der Waals surface area contributed by atoms with Crippen LogP contribution in [0.5, 0.6) is 0 Å². The molecule has 28 heavy (non-hydrogen) atoms. The molecule has 0 bridgehead atoms. The molecule has 0 spiro atoms. The lowest BCUT2D eigenvalue weighted by Crippen LogP contribution is -2.42. The van der Waals surface area contributed by atoms with Crippen molar-refractivity contribution in [2.24, 2.45) is 11.8 Å². The maximum Gasteiger partial charge on any atom is 0.254 e. The highest BCUT2D eigenvalue weighted by molar-refractivity contribution is 7.89. The summed E-state index contributed by atoms with van der Waals surface area (Å²) >= 11 is 0. The van der Waals surface area contributed by atoms with E-state index in [4.69, 9.17) is 0 Å². The number of nitrogens with one attached hydrogen (secondary N) is 1. The van der Waals surface area contributed by atoms with Crippen molar-refractivity contribution in [3.63, 3.8) is 0 Å². The van der Waals surface area contributed by atoms with E-state index in [0.29, 0.717) is 19.6 Å². The molecule has 1 aromatic carbocycles. The van der Waals surface area contributed by atoms with Gasteiger partial charge < -0.3 is 5.32 Å². The lowest BCUT2D eigenvalue weighted by molar-refractivity contribution is 0.0948. The largest absolute Gasteiger partial charge is 0.352 e. The van der Waals surface area contributed by atoms with Crippen LogP contribution in [0.1, 0.15) is 69.7 Å². The van der Waals surface area contributed by atoms with Crippen LogP contribution >= 0.6 is 0 Å². The lowest BCUT2D eigenvalue weighted by atomic mass is 9.94. The van der Waals surface area contributed by atoms with Crippen LogP contribution in [0.25, 0.3) is 0 Å². The van der Waals surface area contributed by atoms with Gasteiger partial charge in [0, 0.05) is 19.6 Å². The van der Waals surface area contributed by atoms with Gasteiger partial charge in [-0.25, -0.2) is 12.8 Å². The summed E-state index contributed by atoms with van der Waals surface area (Å²) in [4.78, 5) is 12.3. The Kier molecular flexibility index (Phi) is 8.43. The van der Waals surface area contributed by atoms with E-state index in [9.17, 15) is 17.6 Å². The van der Waals surface area contributed by atoms with E-state index >= 15 is 0 Å². The molecular weight excluding hydrogens is 379 g/mol. The van der Waals surface area contributed by atoms with E-state index in [1.165, 1.54) is 16.4 Å². The highest BCUT2D eigenvalue weighted by Crippen LogP contribution is 2.27. The SMILES string of the molecule is CCCCCCCNC(=O)c1cc(S(=O)(=O)N2C[C@H](C)C[C@@H](C)C2)ccc1F. The molecule has 7 heteroatoms. The van der Waals surface area contributed by atoms with Gasteiger partial charge in [0.05, 0.1) is 10.5 Å². The Labute approximate surface area is 168 Å². The number of amides is 1. The van der Waals surface area contributed by atoms with E-state index in [2.05, 4.69) is 12.2 Å². The Morgan fingerprint density at radius 2 is 1.79 bits per heavy atom. The van der Waals surface area contributed by atoms with Crippen LogP contribution in [0.4, 0.5) is 4.39 Å². The van der Waals surface area contributed by atoms with Gasteiger partial charge in [-0.3, -0.25) is 4.79 Å². The normalized spacial score (nSPS) is 20.9. The maximum atomic E-state index is 14.2. The molecule has 0 saturated carbocycles. The predicted octanol–water partition coefficient (Wildman–Crippen LogP) is 4.19. The topological polar surface area (TPSA) is 66.5 Å². The van der Waals surface area contributed by atoms with Crippen molar-refractivity contribution >= 4 is 15.9 Å². The summed E-state index contributed by atoms with van der Waals surface area (Å²) < 4.78 is 41.6. The van der Waals surface area contributed by atoms with Crippen molar-refractivity contribution in [3.05, 3.63) is 29.6 Å². The molecule has 2 atom stereocenters. The molecule has 0 unspecified atom stereocenters. The van der Waals surface area contributed by atoms with Crippen molar-refractivity contribution in [2.75, 3.05) is 19.6 Å². The Balaban J connectivity index is 2.08. The number of halogens is 1. The maximum absolute atomic E-state index is 14.2. The summed E-state index contributed by atoms with van der Waals surface area (Å²) in [7, 11) is -3.75. The third-order valence-electron chi connectivity index (χ3n) is 5.22. The number of piperidine rings is 1. The number of carbonyl (C=O) groups is 1. The second-order valence-electron chi connectivity index (χ2n) is 8.08. The second kappa shape index (κ2) is 10.3. The Bertz CT molecular complexity index is 757. The number of sulfonamides is 1. The third kappa shape index (κ3) is 6.01. The Morgan fingerprint density at radius 1 is 1.14 bits per heavy atom. The molecule has 1 amide bonds. The van der Waals surface area contributed by atoms with Crippen molar-refractivity contribution in [1.82, 2.24) is 9.62 Å². The summed E-state index contributed by atoms with van der Waals surface area (Å²) in [6.07, 6.45) is 6.25. The second-order valence-corrected chi connectivity index (χ2v) is 10.0. The first-order valence-corrected chi connectivity index (χ1v) is 11.8. The number of carbonyl (C=O) groups excluding carboxylic acids is 1. The molecule has 1 heterocycles. The minimum absolute atomic E-state index is 0.0247. The van der Waals surface area contributed by atoms with Gasteiger partial charge in [0.2, 0.25) is 10.0 Å². The van der Waals surface area contributed by atoms with Gasteiger partial charge in [-0.15, -0.1) is 0 Å². The van der Waals surface area contributed by atoms with Crippen LogP contribution in [-0.2, 0) is 10.0 Å². The molecule has 1 aliphatic heterocycles. The molecule has 1 N–H and O–H groups in total. The summed E-state index contributed by atoms with van der Waals surface area (Å²) in [5.74, 6) is -0.725. The highest BCUT2D eigenvalue weighted by atomic mass is 32.2. The number of nitrogens with zero attached hydrogens (tertiary/aromatic N) is 1. The summed E-state index contributed by atoms with van der Waals surface area (Å²) in [5, 5.41) is 2.70. The average Bonchev–Trinajstić information content (AvgIpc) is 2.63. The smallest absolute Gasteiger partial charge is 0.254 e. The highest BCUT2D eigenvalue weighted by Gasteiger charge is 2.32. The average molecular weight is 413 g/mol. The van der Waals surface area contributed by atoms with Gasteiger partial charge in [-0.1, -0.05) is 46.5 Å². The standard InChI is InChI=1S/C21H33FN2O3S/c1-4-5-6-7-8-11-23-21(25)19-13-18(9-10-20(19)22)28(26,27)24-14-16(2)12-17(3)15-24/h9-10,13,16-17H,4-8,11-12,14-15H2,1-3H3,(H,23,25)/t16-,17-/m1/s1. The lowest BCUT2D eigenvalue weighted by Gasteiger charge is -2.34. The molecule has 0 aromatic heterocycles. The van der Waals surface area contributed by atoms with Crippen molar-refractivity contribution in [3.8, 4) is 0 Å². The molecule has 2 rings (SSSR count). The van der Waals surface area contributed by atoms with E-state index in [1.54, 1.807) is 0 Å². The third-order valence-corrected chi connectivity index (χ3v) is 7.05. The molecule has 5 nitrogen and oxygen atoms in total. The van der Waals surface area contributed by atoms with E-state index in [0.717, 1.165) is 44.6 Å². The fraction of sp³-hybridized carbons (Fsp3) is 0.667. The number of hydrogen-bond acceptors (Lipinski definition) is 3. The Hall–Kier alpha value is -1.47. The summed E-state index contributed by atoms with van der Waals surface area (Å²) in [6.45, 7) is 7.55. The molecule has 0 aliphatic carbocycles. The molecule has 0 radical (unpaired) electrons. The zero-order valence-electron chi connectivity index (χ0n) is 17.2. The molecular formula is C21H33FN2O3S. The van der Waals surface area contributed by atoms with Gasteiger partial charge in [-0.05, 0) is 42.9 Å². The van der Waals surface area contributed by atoms with E-state index in [1.807, 2.05) is 13.8 Å². The molecule has 158 valence electrons. The number of unbranched alkanes of at least 4 members (excludes halogenated alkanes) is 4. The molecule has 1 fully saturated rings. The predicted molar refractivity (Wildman–Crippen MR) is 109 cm³/mol. The van der Waals surface area contributed by atoms with Crippen LogP contribution in [0, 0.1) is 17.7 Å². The number of hydrogen-bond donors (Lipinski definition) is 1. The van der Waals surface area contributed by atoms with Gasteiger partial charge in [0.15, 0.2) is 0 Å². The van der Waals surface area contributed by atoms with Crippen LogP contribution in [0.15, 0.2) is 23.1 Å². The van der Waals surface area contributed by atoms with Crippen LogP contribution < -0.4 is 5.32 Å². The van der Waals surface area contributed by atoms with Crippen LogP contribution in [0.2, 0.25) is 0 Å². The zero-order valence-corrected chi connectivity index (χ0v) is 18.0. The monoisotopic (exact) mass is 412 g/mol. The first kappa shape index (κ1) is 22.8. The first-order chi connectivity index (χ1) is 13.3. The van der Waals surface area contributed by atoms with Gasteiger partial charge in [0.1, 0.15) is 5.82 Å².